The Morgan fingerprint density at radius 3 is 2.58 bits per heavy atom. The summed E-state index contributed by atoms with van der Waals surface area (Å²) >= 11 is 3.46. The van der Waals surface area contributed by atoms with Gasteiger partial charge in [0.25, 0.3) is 0 Å². The van der Waals surface area contributed by atoms with Crippen LogP contribution in [0.25, 0.3) is 0 Å². The SMILES string of the molecule is Cc1ccc(Oc2ccc(F)cc2CCN)c(Br)c1. The molecular formula is C15H15BrFNO. The van der Waals surface area contributed by atoms with Gasteiger partial charge < -0.3 is 10.5 Å². The Morgan fingerprint density at radius 2 is 1.89 bits per heavy atom. The molecule has 2 nitrogen and oxygen atoms in total. The average molecular weight is 324 g/mol. The van der Waals surface area contributed by atoms with E-state index in [-0.39, 0.29) is 5.82 Å². The van der Waals surface area contributed by atoms with E-state index < -0.39 is 0 Å². The van der Waals surface area contributed by atoms with Gasteiger partial charge in [-0.25, -0.2) is 4.39 Å². The van der Waals surface area contributed by atoms with Crippen LogP contribution in [0, 0.1) is 12.7 Å². The quantitative estimate of drug-likeness (QED) is 0.915. The van der Waals surface area contributed by atoms with Gasteiger partial charge in [-0.15, -0.1) is 0 Å². The molecule has 0 heterocycles. The maximum Gasteiger partial charge on any atom is 0.141 e. The van der Waals surface area contributed by atoms with Crippen molar-refractivity contribution in [2.45, 2.75) is 13.3 Å². The molecule has 0 amide bonds. The lowest BCUT2D eigenvalue weighted by Gasteiger charge is -2.12. The first kappa shape index (κ1) is 14.0. The van der Waals surface area contributed by atoms with E-state index >= 15 is 0 Å². The molecule has 2 N–H and O–H groups in total. The molecule has 0 aliphatic heterocycles. The first-order chi connectivity index (χ1) is 9.10. The third-order valence-electron chi connectivity index (χ3n) is 2.74. The Balaban J connectivity index is 2.32. The molecule has 2 aromatic rings. The molecule has 2 aromatic carbocycles. The molecule has 4 heteroatoms. The molecule has 0 aromatic heterocycles. The maximum absolute atomic E-state index is 13.2. The minimum absolute atomic E-state index is 0.279. The summed E-state index contributed by atoms with van der Waals surface area (Å²) in [5, 5.41) is 0. The second-order valence-corrected chi connectivity index (χ2v) is 5.18. The van der Waals surface area contributed by atoms with Crippen molar-refractivity contribution in [1.82, 2.24) is 0 Å². The Hall–Kier alpha value is -1.39. The summed E-state index contributed by atoms with van der Waals surface area (Å²) in [6, 6.07) is 10.3. The summed E-state index contributed by atoms with van der Waals surface area (Å²) in [4.78, 5) is 0. The van der Waals surface area contributed by atoms with Crippen LogP contribution in [0.1, 0.15) is 11.1 Å². The molecule has 0 saturated carbocycles. The van der Waals surface area contributed by atoms with Crippen molar-refractivity contribution in [2.24, 2.45) is 5.73 Å². The lowest BCUT2D eigenvalue weighted by Crippen LogP contribution is -2.04. The van der Waals surface area contributed by atoms with Gasteiger partial charge in [-0.05, 0) is 77.3 Å². The van der Waals surface area contributed by atoms with Gasteiger partial charge in [-0.3, -0.25) is 0 Å². The summed E-state index contributed by atoms with van der Waals surface area (Å²) in [6.07, 6.45) is 0.580. The van der Waals surface area contributed by atoms with E-state index in [4.69, 9.17) is 10.5 Å². The summed E-state index contributed by atoms with van der Waals surface area (Å²) in [7, 11) is 0. The molecule has 19 heavy (non-hydrogen) atoms. The first-order valence-electron chi connectivity index (χ1n) is 6.02. The third kappa shape index (κ3) is 3.55. The van der Waals surface area contributed by atoms with E-state index in [0.29, 0.717) is 24.5 Å². The van der Waals surface area contributed by atoms with E-state index in [2.05, 4.69) is 15.9 Å². The van der Waals surface area contributed by atoms with Gasteiger partial charge in [0.1, 0.15) is 17.3 Å². The third-order valence-corrected chi connectivity index (χ3v) is 3.36. The van der Waals surface area contributed by atoms with Crippen molar-refractivity contribution < 1.29 is 9.13 Å². The zero-order valence-electron chi connectivity index (χ0n) is 10.6. The van der Waals surface area contributed by atoms with Gasteiger partial charge in [0, 0.05) is 0 Å². The van der Waals surface area contributed by atoms with E-state index in [1.165, 1.54) is 12.1 Å². The van der Waals surface area contributed by atoms with Gasteiger partial charge in [-0.2, -0.15) is 0 Å². The summed E-state index contributed by atoms with van der Waals surface area (Å²) in [5.74, 6) is 1.06. The Bertz CT molecular complexity index is 586. The molecule has 0 spiro atoms. The van der Waals surface area contributed by atoms with Crippen LogP contribution in [-0.4, -0.2) is 6.54 Å². The van der Waals surface area contributed by atoms with E-state index in [1.54, 1.807) is 6.07 Å². The van der Waals surface area contributed by atoms with Crippen LogP contribution in [0.15, 0.2) is 40.9 Å². The molecule has 0 unspecified atom stereocenters. The molecule has 0 bridgehead atoms. The smallest absolute Gasteiger partial charge is 0.141 e. The molecule has 0 aliphatic carbocycles. The van der Waals surface area contributed by atoms with Crippen LogP contribution >= 0.6 is 15.9 Å². The highest BCUT2D eigenvalue weighted by Crippen LogP contribution is 2.32. The highest BCUT2D eigenvalue weighted by molar-refractivity contribution is 9.10. The topological polar surface area (TPSA) is 35.2 Å². The second kappa shape index (κ2) is 6.17. The number of hydrogen-bond acceptors (Lipinski definition) is 2. The van der Waals surface area contributed by atoms with E-state index in [9.17, 15) is 4.39 Å². The van der Waals surface area contributed by atoms with Crippen LogP contribution in [0.2, 0.25) is 0 Å². The van der Waals surface area contributed by atoms with Gasteiger partial charge in [0.05, 0.1) is 4.47 Å². The average Bonchev–Trinajstić information content (AvgIpc) is 2.36. The number of hydrogen-bond donors (Lipinski definition) is 1. The van der Waals surface area contributed by atoms with Crippen molar-refractivity contribution in [1.29, 1.82) is 0 Å². The Morgan fingerprint density at radius 1 is 1.16 bits per heavy atom. The Labute approximate surface area is 120 Å². The standard InChI is InChI=1S/C15H15BrFNO/c1-10-2-4-15(13(16)8-10)19-14-5-3-12(17)9-11(14)6-7-18/h2-5,8-9H,6-7,18H2,1H3. The minimum atomic E-state index is -0.279. The minimum Gasteiger partial charge on any atom is -0.456 e. The number of ether oxygens (including phenoxy) is 1. The highest BCUT2D eigenvalue weighted by Gasteiger charge is 2.08. The van der Waals surface area contributed by atoms with Crippen molar-refractivity contribution in [2.75, 3.05) is 6.54 Å². The molecule has 0 atom stereocenters. The van der Waals surface area contributed by atoms with Gasteiger partial charge >= 0.3 is 0 Å². The molecular weight excluding hydrogens is 309 g/mol. The van der Waals surface area contributed by atoms with Crippen molar-refractivity contribution in [3.8, 4) is 11.5 Å². The fourth-order valence-electron chi connectivity index (χ4n) is 1.81. The maximum atomic E-state index is 13.2. The number of nitrogens with two attached hydrogens (primary N) is 1. The Kier molecular flexibility index (Phi) is 4.56. The van der Waals surface area contributed by atoms with E-state index in [0.717, 1.165) is 15.6 Å². The predicted octanol–water partition coefficient (Wildman–Crippen LogP) is 4.19. The molecule has 2 rings (SSSR count). The lowest BCUT2D eigenvalue weighted by atomic mass is 10.1. The normalized spacial score (nSPS) is 10.5. The van der Waals surface area contributed by atoms with Crippen molar-refractivity contribution in [3.63, 3.8) is 0 Å². The zero-order valence-corrected chi connectivity index (χ0v) is 12.2. The van der Waals surface area contributed by atoms with Crippen molar-refractivity contribution >= 4 is 15.9 Å². The van der Waals surface area contributed by atoms with Crippen molar-refractivity contribution in [3.05, 3.63) is 57.8 Å². The van der Waals surface area contributed by atoms with Gasteiger partial charge in [0.15, 0.2) is 0 Å². The summed E-state index contributed by atoms with van der Waals surface area (Å²) in [6.45, 7) is 2.46. The molecule has 0 saturated heterocycles. The van der Waals surface area contributed by atoms with Gasteiger partial charge in [0.2, 0.25) is 0 Å². The van der Waals surface area contributed by atoms with Crippen LogP contribution in [0.4, 0.5) is 4.39 Å². The molecule has 100 valence electrons. The van der Waals surface area contributed by atoms with Crippen LogP contribution in [-0.2, 0) is 6.42 Å². The number of aryl methyl sites for hydroxylation is 1. The predicted molar refractivity (Wildman–Crippen MR) is 78.1 cm³/mol. The summed E-state index contributed by atoms with van der Waals surface area (Å²) < 4.78 is 19.9. The number of rotatable bonds is 4. The van der Waals surface area contributed by atoms with Gasteiger partial charge in [-0.1, -0.05) is 6.07 Å². The molecule has 0 aliphatic rings. The van der Waals surface area contributed by atoms with E-state index in [1.807, 2.05) is 25.1 Å². The molecule has 0 radical (unpaired) electrons. The largest absolute Gasteiger partial charge is 0.456 e. The van der Waals surface area contributed by atoms with Crippen LogP contribution in [0.5, 0.6) is 11.5 Å². The number of halogens is 2. The highest BCUT2D eigenvalue weighted by atomic mass is 79.9. The second-order valence-electron chi connectivity index (χ2n) is 4.33. The summed E-state index contributed by atoms with van der Waals surface area (Å²) in [5.41, 5.74) is 7.45. The lowest BCUT2D eigenvalue weighted by molar-refractivity contribution is 0.470. The first-order valence-corrected chi connectivity index (χ1v) is 6.82. The monoisotopic (exact) mass is 323 g/mol. The molecule has 0 fully saturated rings. The fourth-order valence-corrected chi connectivity index (χ4v) is 2.38. The number of benzene rings is 2. The zero-order chi connectivity index (χ0) is 13.8. The fraction of sp³-hybridized carbons (Fsp3) is 0.200. The van der Waals surface area contributed by atoms with Crippen LogP contribution < -0.4 is 10.5 Å². The van der Waals surface area contributed by atoms with Crippen LogP contribution in [0.3, 0.4) is 0 Å².